The number of aliphatic carboxylic acids is 1. The predicted octanol–water partition coefficient (Wildman–Crippen LogP) is 6.15. The van der Waals surface area contributed by atoms with Crippen molar-refractivity contribution in [3.8, 4) is 34.5 Å². The van der Waals surface area contributed by atoms with Crippen LogP contribution in [0.1, 0.15) is 48.5 Å². The Hall–Kier alpha value is -3.78. The maximum atomic E-state index is 14.3. The van der Waals surface area contributed by atoms with Crippen LogP contribution >= 0.6 is 0 Å². The molecule has 2 atom stereocenters. The second-order valence-corrected chi connectivity index (χ2v) is 8.02. The summed E-state index contributed by atoms with van der Waals surface area (Å²) in [7, 11) is 1.56. The molecule has 168 valence electrons. The highest BCUT2D eigenvalue weighted by Crippen LogP contribution is 2.37. The number of carbonyl (C=O) groups is 1. The van der Waals surface area contributed by atoms with E-state index in [4.69, 9.17) is 9.47 Å². The summed E-state index contributed by atoms with van der Waals surface area (Å²) >= 11 is 0. The Morgan fingerprint density at radius 3 is 2.67 bits per heavy atom. The van der Waals surface area contributed by atoms with Crippen LogP contribution in [0, 0.1) is 17.7 Å². The number of benzene rings is 3. The molecule has 4 rings (SSSR count). The van der Waals surface area contributed by atoms with E-state index in [2.05, 4.69) is 11.8 Å². The summed E-state index contributed by atoms with van der Waals surface area (Å²) in [6.07, 6.45) is 1.49. The number of ether oxygens (including phenoxy) is 2. The van der Waals surface area contributed by atoms with Gasteiger partial charge in [0.15, 0.2) is 0 Å². The standard InChI is InChI=1S/C28H25FO4/c1-3-4-20(16-28(30)31)21-9-13-27-22(15-21)10-14-26(33-27)19-7-5-18(6-8-19)24-17-23(32-2)11-12-25(24)29/h5-9,11-13,15,17,20,26H,10,14,16H2,1-2H3,(H,30,31)/t20-,26?/m0/s1. The Balaban J connectivity index is 1.52. The van der Waals surface area contributed by atoms with Gasteiger partial charge in [-0.05, 0) is 66.3 Å². The highest BCUT2D eigenvalue weighted by molar-refractivity contribution is 5.69. The van der Waals surface area contributed by atoms with E-state index in [1.807, 2.05) is 42.5 Å². The Morgan fingerprint density at radius 2 is 1.97 bits per heavy atom. The number of halogens is 1. The predicted molar refractivity (Wildman–Crippen MR) is 125 cm³/mol. The second-order valence-electron chi connectivity index (χ2n) is 8.02. The molecule has 0 spiro atoms. The number of hydrogen-bond donors (Lipinski definition) is 1. The Morgan fingerprint density at radius 1 is 1.18 bits per heavy atom. The van der Waals surface area contributed by atoms with Crippen LogP contribution in [0.2, 0.25) is 0 Å². The second kappa shape index (κ2) is 9.79. The number of fused-ring (bicyclic) bond motifs is 1. The van der Waals surface area contributed by atoms with E-state index < -0.39 is 5.97 Å². The van der Waals surface area contributed by atoms with Gasteiger partial charge in [-0.3, -0.25) is 4.79 Å². The average molecular weight is 445 g/mol. The summed E-state index contributed by atoms with van der Waals surface area (Å²) in [4.78, 5) is 11.2. The Bertz CT molecular complexity index is 1220. The fraction of sp³-hybridized carbons (Fsp3) is 0.250. The van der Waals surface area contributed by atoms with Crippen LogP contribution in [-0.2, 0) is 11.2 Å². The molecule has 0 radical (unpaired) electrons. The lowest BCUT2D eigenvalue weighted by Gasteiger charge is -2.27. The fourth-order valence-electron chi connectivity index (χ4n) is 4.19. The number of aryl methyl sites for hydroxylation is 1. The van der Waals surface area contributed by atoms with Crippen molar-refractivity contribution in [2.45, 2.75) is 38.2 Å². The van der Waals surface area contributed by atoms with Gasteiger partial charge in [0.2, 0.25) is 0 Å². The summed E-state index contributed by atoms with van der Waals surface area (Å²) in [6, 6.07) is 18.3. The minimum Gasteiger partial charge on any atom is -0.497 e. The summed E-state index contributed by atoms with van der Waals surface area (Å²) in [5.41, 5.74) is 4.26. The number of carboxylic acid groups (broad SMARTS) is 1. The third-order valence-electron chi connectivity index (χ3n) is 5.90. The SMILES string of the molecule is CC#C[C@@H](CC(=O)O)c1ccc2c(c1)CCC(c1ccc(-c3cc(OC)ccc3F)cc1)O2. The largest absolute Gasteiger partial charge is 0.497 e. The van der Waals surface area contributed by atoms with Crippen molar-refractivity contribution in [2.24, 2.45) is 0 Å². The van der Waals surface area contributed by atoms with E-state index in [0.29, 0.717) is 11.3 Å². The van der Waals surface area contributed by atoms with Gasteiger partial charge in [-0.25, -0.2) is 4.39 Å². The van der Waals surface area contributed by atoms with Crippen LogP contribution in [0.5, 0.6) is 11.5 Å². The van der Waals surface area contributed by atoms with Crippen LogP contribution in [-0.4, -0.2) is 18.2 Å². The quantitative estimate of drug-likeness (QED) is 0.464. The molecule has 0 bridgehead atoms. The maximum Gasteiger partial charge on any atom is 0.304 e. The fourth-order valence-corrected chi connectivity index (χ4v) is 4.19. The number of carboxylic acids is 1. The lowest BCUT2D eigenvalue weighted by Crippen LogP contribution is -2.15. The molecule has 1 unspecified atom stereocenters. The number of methoxy groups -OCH3 is 1. The van der Waals surface area contributed by atoms with Crippen molar-refractivity contribution in [1.29, 1.82) is 0 Å². The van der Waals surface area contributed by atoms with Gasteiger partial charge in [-0.2, -0.15) is 0 Å². The van der Waals surface area contributed by atoms with Crippen LogP contribution in [0.4, 0.5) is 4.39 Å². The molecular weight excluding hydrogens is 419 g/mol. The molecule has 33 heavy (non-hydrogen) atoms. The van der Waals surface area contributed by atoms with Gasteiger partial charge in [-0.15, -0.1) is 5.92 Å². The molecule has 0 saturated carbocycles. The summed E-state index contributed by atoms with van der Waals surface area (Å²) < 4.78 is 25.8. The smallest absolute Gasteiger partial charge is 0.304 e. The van der Waals surface area contributed by atoms with Crippen molar-refractivity contribution >= 4 is 5.97 Å². The van der Waals surface area contributed by atoms with Crippen LogP contribution in [0.3, 0.4) is 0 Å². The third-order valence-corrected chi connectivity index (χ3v) is 5.90. The van der Waals surface area contributed by atoms with Crippen molar-refractivity contribution < 1.29 is 23.8 Å². The first-order valence-electron chi connectivity index (χ1n) is 10.9. The van der Waals surface area contributed by atoms with Gasteiger partial charge >= 0.3 is 5.97 Å². The summed E-state index contributed by atoms with van der Waals surface area (Å²) in [5.74, 6) is 5.74. The van der Waals surface area contributed by atoms with Crippen LogP contribution in [0.15, 0.2) is 60.7 Å². The molecule has 4 nitrogen and oxygen atoms in total. The molecule has 1 aliphatic rings. The third kappa shape index (κ3) is 5.01. The van der Waals surface area contributed by atoms with Crippen molar-refractivity contribution in [2.75, 3.05) is 7.11 Å². The molecule has 0 saturated heterocycles. The van der Waals surface area contributed by atoms with E-state index in [0.717, 1.165) is 40.8 Å². The van der Waals surface area contributed by atoms with Crippen molar-refractivity contribution in [3.63, 3.8) is 0 Å². The zero-order valence-electron chi connectivity index (χ0n) is 18.6. The summed E-state index contributed by atoms with van der Waals surface area (Å²) in [5, 5.41) is 9.19. The van der Waals surface area contributed by atoms with Gasteiger partial charge in [0, 0.05) is 5.56 Å². The number of hydrogen-bond acceptors (Lipinski definition) is 3. The minimum atomic E-state index is -0.867. The zero-order chi connectivity index (χ0) is 23.4. The van der Waals surface area contributed by atoms with E-state index in [9.17, 15) is 14.3 Å². The molecule has 1 aliphatic heterocycles. The van der Waals surface area contributed by atoms with E-state index >= 15 is 0 Å². The van der Waals surface area contributed by atoms with Gasteiger partial charge in [0.1, 0.15) is 23.4 Å². The molecule has 0 aliphatic carbocycles. The van der Waals surface area contributed by atoms with Crippen molar-refractivity contribution in [3.05, 3.63) is 83.2 Å². The maximum absolute atomic E-state index is 14.3. The van der Waals surface area contributed by atoms with Crippen LogP contribution in [0.25, 0.3) is 11.1 Å². The normalized spacial score (nSPS) is 15.4. The molecule has 5 heteroatoms. The van der Waals surface area contributed by atoms with E-state index in [1.54, 1.807) is 26.2 Å². The highest BCUT2D eigenvalue weighted by Gasteiger charge is 2.23. The molecular formula is C28H25FO4. The molecule has 1 heterocycles. The molecule has 3 aromatic rings. The summed E-state index contributed by atoms with van der Waals surface area (Å²) in [6.45, 7) is 1.72. The first-order valence-corrected chi connectivity index (χ1v) is 10.9. The van der Waals surface area contributed by atoms with Crippen molar-refractivity contribution in [1.82, 2.24) is 0 Å². The molecule has 1 N–H and O–H groups in total. The highest BCUT2D eigenvalue weighted by atomic mass is 19.1. The van der Waals surface area contributed by atoms with E-state index in [1.165, 1.54) is 6.07 Å². The van der Waals surface area contributed by atoms with Gasteiger partial charge in [-0.1, -0.05) is 42.3 Å². The van der Waals surface area contributed by atoms with Gasteiger partial charge < -0.3 is 14.6 Å². The molecule has 0 amide bonds. The first kappa shape index (κ1) is 22.4. The topological polar surface area (TPSA) is 55.8 Å². The zero-order valence-corrected chi connectivity index (χ0v) is 18.6. The average Bonchev–Trinajstić information content (AvgIpc) is 2.83. The Kier molecular flexibility index (Phi) is 6.65. The molecule has 0 aromatic heterocycles. The lowest BCUT2D eigenvalue weighted by atomic mass is 9.90. The Labute approximate surface area is 193 Å². The molecule has 3 aromatic carbocycles. The van der Waals surface area contributed by atoms with Crippen LogP contribution < -0.4 is 9.47 Å². The monoisotopic (exact) mass is 444 g/mol. The first-order chi connectivity index (χ1) is 16.0. The molecule has 0 fully saturated rings. The van der Waals surface area contributed by atoms with E-state index in [-0.39, 0.29) is 24.3 Å². The van der Waals surface area contributed by atoms with Gasteiger partial charge in [0.25, 0.3) is 0 Å². The number of rotatable bonds is 6. The minimum absolute atomic E-state index is 0.0245. The van der Waals surface area contributed by atoms with Gasteiger partial charge in [0.05, 0.1) is 19.4 Å². The lowest BCUT2D eigenvalue weighted by molar-refractivity contribution is -0.137.